The van der Waals surface area contributed by atoms with E-state index in [0.717, 1.165) is 55.6 Å². The maximum absolute atomic E-state index is 16.4. The van der Waals surface area contributed by atoms with Gasteiger partial charge in [-0.15, -0.1) is 0 Å². The first-order valence-corrected chi connectivity index (χ1v) is 22.7. The molecule has 0 spiro atoms. The lowest BCUT2D eigenvalue weighted by atomic mass is 9.57. The molecule has 1 aliphatic carbocycles. The van der Waals surface area contributed by atoms with Gasteiger partial charge in [-0.05, 0) is 113 Å². The maximum atomic E-state index is 16.4. The summed E-state index contributed by atoms with van der Waals surface area (Å²) in [7, 11) is 1.64. The van der Waals surface area contributed by atoms with E-state index in [0.29, 0.717) is 39.1 Å². The molecule has 1 saturated carbocycles. The molecule has 4 heterocycles. The molecule has 4 fully saturated rings. The minimum absolute atomic E-state index is 0.0986. The van der Waals surface area contributed by atoms with Gasteiger partial charge >= 0.3 is 5.97 Å². The monoisotopic (exact) mass is 834 g/mol. The average molecular weight is 835 g/mol. The predicted octanol–water partition coefficient (Wildman–Crippen LogP) is 5.54. The Morgan fingerprint density at radius 3 is 2.44 bits per heavy atom. The van der Waals surface area contributed by atoms with Crippen LogP contribution in [-0.4, -0.2) is 129 Å². The summed E-state index contributed by atoms with van der Waals surface area (Å²) in [5.41, 5.74) is -0.162. The van der Waals surface area contributed by atoms with Crippen molar-refractivity contribution in [1.29, 1.82) is 0 Å². The molecule has 3 saturated heterocycles. The fraction of sp³-hybridized carbons (Fsp3) is 0.578. The Labute approximate surface area is 348 Å². The number of methoxy groups -OCH3 is 1. The van der Waals surface area contributed by atoms with Crippen molar-refractivity contribution >= 4 is 27.4 Å². The summed E-state index contributed by atoms with van der Waals surface area (Å²) >= 11 is 0. The minimum atomic E-state index is -3.61. The Kier molecular flexibility index (Phi) is 13.0. The van der Waals surface area contributed by atoms with Crippen molar-refractivity contribution in [2.75, 3.05) is 78.5 Å². The number of aromatic nitrogens is 2. The van der Waals surface area contributed by atoms with E-state index in [1.165, 1.54) is 24.2 Å². The number of ether oxygens (including phenoxy) is 1. The molecule has 320 valence electrons. The molecule has 11 nitrogen and oxygen atoms in total. The first-order valence-electron chi connectivity index (χ1n) is 21.2. The number of benzene rings is 2. The van der Waals surface area contributed by atoms with Crippen LogP contribution in [0.2, 0.25) is 0 Å². The molecule has 0 radical (unpaired) electrons. The van der Waals surface area contributed by atoms with Crippen LogP contribution in [0.15, 0.2) is 78.0 Å². The summed E-state index contributed by atoms with van der Waals surface area (Å²) in [6.45, 7) is 5.80. The highest BCUT2D eigenvalue weighted by Gasteiger charge is 2.53. The number of halogens is 2. The number of esters is 1. The number of piperidine rings is 1. The van der Waals surface area contributed by atoms with Gasteiger partial charge in [0.05, 0.1) is 25.1 Å². The Morgan fingerprint density at radius 2 is 1.78 bits per heavy atom. The van der Waals surface area contributed by atoms with E-state index in [4.69, 9.17) is 4.74 Å². The van der Waals surface area contributed by atoms with Gasteiger partial charge in [0.25, 0.3) is 0 Å². The normalized spacial score (nSPS) is 22.7. The summed E-state index contributed by atoms with van der Waals surface area (Å²) in [5, 5.41) is -0.649. The zero-order valence-electron chi connectivity index (χ0n) is 34.9. The zero-order valence-corrected chi connectivity index (χ0v) is 35.8. The van der Waals surface area contributed by atoms with Gasteiger partial charge in [0.2, 0.25) is 5.91 Å². The number of hydrogen-bond donors (Lipinski definition) is 0. The van der Waals surface area contributed by atoms with Gasteiger partial charge in [-0.2, -0.15) is 0 Å². The average Bonchev–Trinajstić information content (AvgIpc) is 3.84. The van der Waals surface area contributed by atoms with Crippen LogP contribution in [0.5, 0.6) is 0 Å². The molecule has 7 rings (SSSR count). The lowest BCUT2D eigenvalue weighted by molar-refractivity contribution is -0.142. The summed E-state index contributed by atoms with van der Waals surface area (Å²) in [4.78, 5) is 37.6. The number of hydrogen-bond acceptors (Lipinski definition) is 9. The van der Waals surface area contributed by atoms with Gasteiger partial charge in [0.1, 0.15) is 16.9 Å². The van der Waals surface area contributed by atoms with Crippen LogP contribution in [0.3, 0.4) is 0 Å². The van der Waals surface area contributed by atoms with E-state index in [1.807, 2.05) is 36.3 Å². The van der Waals surface area contributed by atoms with E-state index in [-0.39, 0.29) is 66.5 Å². The molecule has 0 unspecified atom stereocenters. The Balaban J connectivity index is 1.000. The van der Waals surface area contributed by atoms with E-state index < -0.39 is 26.2 Å². The van der Waals surface area contributed by atoms with Crippen LogP contribution in [0.25, 0.3) is 0 Å². The first kappa shape index (κ1) is 43.0. The highest BCUT2D eigenvalue weighted by atomic mass is 32.2. The van der Waals surface area contributed by atoms with Crippen LogP contribution in [0, 0.1) is 23.6 Å². The van der Waals surface area contributed by atoms with E-state index in [9.17, 15) is 18.0 Å². The number of imidazole rings is 1. The number of sulfone groups is 1. The number of rotatable bonds is 16. The molecular weight excluding hydrogens is 775 g/mol. The standard InChI is InChI=1S/C45H60F2N6O5S/c1-5-41-48-20-24-51(41)32-45(35-10-7-11-36(46)26-35,40-12-6-9-33(40)25-43(55)58-4)34-18-22-50(23-19-34)29-44(47)30-53(31-44)37-14-16-38(17-15-37)59(56,57)39-27-52(28-39)42(54)13-8-21-49(2)3/h7-8,10-11,13-17,20,24,26,33-34,39-40H,5-6,9,12,18-19,21-23,25,27-32H2,1-4H3/b13-8+/t33-,40+,45+/m1/s1. The molecule has 59 heavy (non-hydrogen) atoms. The molecule has 4 aliphatic rings. The largest absolute Gasteiger partial charge is 0.469 e. The van der Waals surface area contributed by atoms with Crippen molar-refractivity contribution in [2.24, 2.45) is 17.8 Å². The molecule has 1 amide bonds. The lowest BCUT2D eigenvalue weighted by Crippen LogP contribution is -2.64. The molecule has 3 aliphatic heterocycles. The molecule has 0 N–H and O–H groups in total. The minimum Gasteiger partial charge on any atom is -0.469 e. The Bertz CT molecular complexity index is 2070. The van der Waals surface area contributed by atoms with Crippen LogP contribution < -0.4 is 4.90 Å². The molecular formula is C45H60F2N6O5S. The van der Waals surface area contributed by atoms with E-state index in [2.05, 4.69) is 27.4 Å². The van der Waals surface area contributed by atoms with Crippen molar-refractivity contribution in [3.63, 3.8) is 0 Å². The molecule has 0 bridgehead atoms. The number of carbonyl (C=O) groups is 2. The number of alkyl halides is 1. The van der Waals surface area contributed by atoms with Crippen molar-refractivity contribution in [3.8, 4) is 0 Å². The summed E-state index contributed by atoms with van der Waals surface area (Å²) in [5.74, 6) is 0.667. The number of anilines is 1. The number of carbonyl (C=O) groups excluding carboxylic acids is 2. The smallest absolute Gasteiger partial charge is 0.305 e. The van der Waals surface area contributed by atoms with Gasteiger partial charge in [-0.3, -0.25) is 14.5 Å². The van der Waals surface area contributed by atoms with E-state index in [1.54, 1.807) is 42.5 Å². The molecule has 14 heteroatoms. The number of likely N-dealkylation sites (N-methyl/N-ethyl adjacent to an activating group) is 1. The van der Waals surface area contributed by atoms with Crippen LogP contribution in [-0.2, 0) is 42.5 Å². The predicted molar refractivity (Wildman–Crippen MR) is 224 cm³/mol. The second-order valence-electron chi connectivity index (χ2n) is 17.6. The number of amides is 1. The van der Waals surface area contributed by atoms with Gasteiger partial charge in [-0.1, -0.05) is 31.6 Å². The highest BCUT2D eigenvalue weighted by Crippen LogP contribution is 2.54. The summed E-state index contributed by atoms with van der Waals surface area (Å²) in [6, 6.07) is 13.7. The molecule has 3 aromatic rings. The molecule has 1 aromatic heterocycles. The van der Waals surface area contributed by atoms with Gasteiger partial charge in [0.15, 0.2) is 15.5 Å². The highest BCUT2D eigenvalue weighted by molar-refractivity contribution is 7.92. The van der Waals surface area contributed by atoms with Crippen molar-refractivity contribution in [2.45, 2.75) is 79.6 Å². The van der Waals surface area contributed by atoms with Crippen molar-refractivity contribution in [3.05, 3.63) is 90.3 Å². The first-order chi connectivity index (χ1) is 28.2. The second-order valence-corrected chi connectivity index (χ2v) is 19.8. The topological polar surface area (TPSA) is 108 Å². The Morgan fingerprint density at radius 1 is 1.05 bits per heavy atom. The number of likely N-dealkylation sites (tertiary alicyclic amines) is 2. The van der Waals surface area contributed by atoms with Crippen LogP contribution in [0.4, 0.5) is 14.5 Å². The fourth-order valence-corrected chi connectivity index (χ4v) is 12.1. The van der Waals surface area contributed by atoms with Gasteiger partial charge in [-0.25, -0.2) is 22.2 Å². The lowest BCUT2D eigenvalue weighted by Gasteiger charge is -2.52. The number of nitrogens with zero attached hydrogens (tertiary/aromatic N) is 6. The number of aryl methyl sites for hydroxylation is 1. The maximum Gasteiger partial charge on any atom is 0.305 e. The third-order valence-electron chi connectivity index (χ3n) is 13.5. The third-order valence-corrected chi connectivity index (χ3v) is 15.6. The van der Waals surface area contributed by atoms with Crippen LogP contribution >= 0.6 is 0 Å². The van der Waals surface area contributed by atoms with Gasteiger partial charge < -0.3 is 24.0 Å². The third kappa shape index (κ3) is 9.14. The second kappa shape index (κ2) is 17.8. The summed E-state index contributed by atoms with van der Waals surface area (Å²) < 4.78 is 65.6. The zero-order chi connectivity index (χ0) is 42.0. The molecule has 3 atom stereocenters. The van der Waals surface area contributed by atoms with Crippen molar-refractivity contribution in [1.82, 2.24) is 24.3 Å². The van der Waals surface area contributed by atoms with E-state index >= 15 is 8.78 Å². The molecule has 2 aromatic carbocycles. The quantitative estimate of drug-likeness (QED) is 0.136. The van der Waals surface area contributed by atoms with Crippen LogP contribution in [0.1, 0.15) is 56.8 Å². The fourth-order valence-electron chi connectivity index (χ4n) is 10.5. The van der Waals surface area contributed by atoms with Crippen molar-refractivity contribution < 1.29 is 31.5 Å². The Hall–Kier alpha value is -4.14. The summed E-state index contributed by atoms with van der Waals surface area (Å²) in [6.07, 6.45) is 12.7. The SMILES string of the molecule is CCc1nccn1C[C@@](c1cccc(F)c1)(C1CCN(CC2(F)CN(c3ccc(S(=O)(=O)C4CN(C(=O)/C=C/CN(C)C)C4)cc3)C2)CC1)[C@H]1CCC[C@@H]1CC(=O)OC. The van der Waals surface area contributed by atoms with Gasteiger partial charge in [0, 0.05) is 75.1 Å².